The molecule has 0 fully saturated rings. The molecule has 3 aromatic rings. The van der Waals surface area contributed by atoms with E-state index >= 15 is 0 Å². The first kappa shape index (κ1) is 25.7. The number of fused-ring (bicyclic) bond motifs is 3. The van der Waals surface area contributed by atoms with E-state index in [1.807, 2.05) is 30.3 Å². The molecule has 0 aliphatic carbocycles. The van der Waals surface area contributed by atoms with Gasteiger partial charge in [0.2, 0.25) is 0 Å². The third-order valence-corrected chi connectivity index (χ3v) is 11.5. The number of urea groups is 1. The predicted molar refractivity (Wildman–Crippen MR) is 138 cm³/mol. The van der Waals surface area contributed by atoms with Crippen LogP contribution in [-0.4, -0.2) is 41.5 Å². The highest BCUT2D eigenvalue weighted by Gasteiger charge is 2.60. The van der Waals surface area contributed by atoms with Gasteiger partial charge in [-0.1, -0.05) is 36.4 Å². The van der Waals surface area contributed by atoms with Crippen molar-refractivity contribution >= 4 is 31.8 Å². The summed E-state index contributed by atoms with van der Waals surface area (Å²) in [6.45, 7) is 2.54. The second-order valence-corrected chi connectivity index (χ2v) is 13.0. The number of nitrogens with two attached hydrogens (primary N) is 1. The van der Waals surface area contributed by atoms with E-state index in [0.29, 0.717) is 28.2 Å². The van der Waals surface area contributed by atoms with Crippen molar-refractivity contribution in [2.45, 2.75) is 20.0 Å². The molecule has 1 heterocycles. The average molecular weight is 532 g/mol. The quantitative estimate of drug-likeness (QED) is 0.457. The van der Waals surface area contributed by atoms with Crippen LogP contribution >= 0.6 is 0 Å². The number of ether oxygens (including phenoxy) is 2. The highest BCUT2D eigenvalue weighted by molar-refractivity contribution is 8.08. The maximum absolute atomic E-state index is 13.3. The van der Waals surface area contributed by atoms with E-state index in [0.717, 1.165) is 5.56 Å². The normalized spacial score (nSPS) is 15.4. The lowest BCUT2D eigenvalue weighted by atomic mass is 9.88. The van der Waals surface area contributed by atoms with Crippen LogP contribution in [0.15, 0.2) is 66.7 Å². The molecule has 1 unspecified atom stereocenters. The molecule has 190 valence electrons. The van der Waals surface area contributed by atoms with Gasteiger partial charge in [-0.15, -0.1) is 0 Å². The Bertz CT molecular complexity index is 1500. The number of carbonyl (C=O) groups is 1. The van der Waals surface area contributed by atoms with Crippen LogP contribution in [0.5, 0.6) is 11.5 Å². The standard InChI is InChI=1S/C25H26N2O7S2/c1-4-35(29,30)27(25(26)28,36(31,32)5-2)18-14-15-19-20(16-18)24(17-10-7-6-8-11-17)34-22-13-9-12-21(33-3)23(19)22/h6-16,24H,4-5H2,1-3H3,(H-,26,28)/p+1. The fraction of sp³-hybridized carbons (Fsp3) is 0.240. The second kappa shape index (κ2) is 9.23. The number of sulfonamides is 2. The van der Waals surface area contributed by atoms with E-state index in [2.05, 4.69) is 0 Å². The number of primary amides is 1. The van der Waals surface area contributed by atoms with Gasteiger partial charge >= 0.3 is 26.1 Å². The van der Waals surface area contributed by atoms with Gasteiger partial charge in [0.15, 0.2) is 5.69 Å². The molecular weight excluding hydrogens is 504 g/mol. The Labute approximate surface area is 210 Å². The summed E-state index contributed by atoms with van der Waals surface area (Å²) in [5.74, 6) is -0.184. The van der Waals surface area contributed by atoms with E-state index in [9.17, 15) is 21.6 Å². The number of benzene rings is 3. The molecule has 0 aromatic heterocycles. The molecule has 36 heavy (non-hydrogen) atoms. The Morgan fingerprint density at radius 2 is 1.58 bits per heavy atom. The highest BCUT2D eigenvalue weighted by Crippen LogP contribution is 2.50. The van der Waals surface area contributed by atoms with Crippen LogP contribution in [0.2, 0.25) is 0 Å². The number of hydrogen-bond acceptors (Lipinski definition) is 7. The van der Waals surface area contributed by atoms with Gasteiger partial charge in [-0.05, 0) is 46.5 Å². The minimum Gasteiger partial charge on any atom is -0.496 e. The van der Waals surface area contributed by atoms with Crippen molar-refractivity contribution in [3.63, 3.8) is 0 Å². The van der Waals surface area contributed by atoms with Gasteiger partial charge < -0.3 is 15.2 Å². The first-order valence-corrected chi connectivity index (χ1v) is 14.5. The number of quaternary nitrogens is 1. The van der Waals surface area contributed by atoms with Crippen LogP contribution in [0, 0.1) is 0 Å². The van der Waals surface area contributed by atoms with Crippen LogP contribution in [-0.2, 0) is 20.0 Å². The van der Waals surface area contributed by atoms with Gasteiger partial charge in [-0.3, -0.25) is 0 Å². The Kier molecular flexibility index (Phi) is 6.58. The molecule has 0 spiro atoms. The molecule has 0 bridgehead atoms. The Balaban J connectivity index is 2.12. The van der Waals surface area contributed by atoms with Gasteiger partial charge in [-0.25, -0.2) is 4.79 Å². The molecule has 4 rings (SSSR count). The number of rotatable bonds is 7. The largest absolute Gasteiger partial charge is 0.496 e. The van der Waals surface area contributed by atoms with Gasteiger partial charge in [0, 0.05) is 17.7 Å². The number of methoxy groups -OCH3 is 1. The lowest BCUT2D eigenvalue weighted by molar-refractivity contribution is 0.240. The maximum Gasteiger partial charge on any atom is 0.450 e. The summed E-state index contributed by atoms with van der Waals surface area (Å²) in [7, 11) is -7.72. The second-order valence-electron chi connectivity index (χ2n) is 8.14. The van der Waals surface area contributed by atoms with Crippen LogP contribution in [0.1, 0.15) is 31.1 Å². The third kappa shape index (κ3) is 3.66. The zero-order chi connectivity index (χ0) is 26.3. The smallest absolute Gasteiger partial charge is 0.450 e. The molecule has 2 amide bonds. The summed E-state index contributed by atoms with van der Waals surface area (Å²) in [6, 6.07) is 17.3. The lowest BCUT2D eigenvalue weighted by Gasteiger charge is -2.33. The van der Waals surface area contributed by atoms with E-state index in [-0.39, 0.29) is 5.69 Å². The molecule has 0 saturated heterocycles. The molecule has 11 heteroatoms. The van der Waals surface area contributed by atoms with E-state index in [1.165, 1.54) is 33.1 Å². The van der Waals surface area contributed by atoms with Crippen LogP contribution in [0.3, 0.4) is 0 Å². The first-order chi connectivity index (χ1) is 17.1. The zero-order valence-electron chi connectivity index (χ0n) is 20.0. The third-order valence-electron chi connectivity index (χ3n) is 6.29. The molecule has 1 atom stereocenters. The minimum atomic E-state index is -4.62. The van der Waals surface area contributed by atoms with Crippen molar-refractivity contribution in [3.05, 3.63) is 77.9 Å². The van der Waals surface area contributed by atoms with Crippen molar-refractivity contribution in [2.75, 3.05) is 18.6 Å². The van der Waals surface area contributed by atoms with E-state index < -0.39 is 47.0 Å². The van der Waals surface area contributed by atoms with Crippen LogP contribution < -0.4 is 18.5 Å². The highest BCUT2D eigenvalue weighted by atomic mass is 32.3. The van der Waals surface area contributed by atoms with Crippen molar-refractivity contribution < 1.29 is 31.1 Å². The lowest BCUT2D eigenvalue weighted by Crippen LogP contribution is -2.65. The van der Waals surface area contributed by atoms with Crippen LogP contribution in [0.25, 0.3) is 11.1 Å². The van der Waals surface area contributed by atoms with Gasteiger partial charge in [0.05, 0.1) is 24.2 Å². The Morgan fingerprint density at radius 1 is 0.944 bits per heavy atom. The van der Waals surface area contributed by atoms with E-state index in [1.54, 1.807) is 24.3 Å². The summed E-state index contributed by atoms with van der Waals surface area (Å²) in [5, 5.41) is 0. The van der Waals surface area contributed by atoms with Gasteiger partial charge in [0.1, 0.15) is 17.6 Å². The number of hydrogen-bond donors (Lipinski definition) is 1. The van der Waals surface area contributed by atoms with Crippen molar-refractivity contribution in [1.82, 2.24) is 3.29 Å². The summed E-state index contributed by atoms with van der Waals surface area (Å²) in [5.41, 5.74) is 7.79. The van der Waals surface area contributed by atoms with Crippen LogP contribution in [0.4, 0.5) is 10.5 Å². The minimum absolute atomic E-state index is 0.298. The number of amides is 2. The molecule has 0 saturated carbocycles. The Hall–Kier alpha value is -3.41. The van der Waals surface area contributed by atoms with Gasteiger partial charge in [-0.2, -0.15) is 16.8 Å². The maximum atomic E-state index is 13.3. The Morgan fingerprint density at radius 3 is 2.14 bits per heavy atom. The molecule has 1 aliphatic rings. The molecule has 1 aliphatic heterocycles. The summed E-state index contributed by atoms with van der Waals surface area (Å²) in [6.07, 6.45) is -0.718. The van der Waals surface area contributed by atoms with Gasteiger partial charge in [0.25, 0.3) is 0 Å². The fourth-order valence-electron chi connectivity index (χ4n) is 4.55. The summed E-state index contributed by atoms with van der Waals surface area (Å²) >= 11 is 0. The number of carbonyl (C=O) groups excluding carboxylic acids is 1. The molecule has 0 radical (unpaired) electrons. The average Bonchev–Trinajstić information content (AvgIpc) is 2.88. The fourth-order valence-corrected chi connectivity index (χ4v) is 8.71. The molecule has 2 N–H and O–H groups in total. The monoisotopic (exact) mass is 531 g/mol. The topological polar surface area (TPSA) is 130 Å². The first-order valence-electron chi connectivity index (χ1n) is 11.2. The molecular formula is C25H27N2O7S2+. The summed E-state index contributed by atoms with van der Waals surface area (Å²) in [4.78, 5) is 12.8. The van der Waals surface area contributed by atoms with E-state index in [4.69, 9.17) is 15.2 Å². The molecule has 9 nitrogen and oxygen atoms in total. The van der Waals surface area contributed by atoms with Crippen molar-refractivity contribution in [1.29, 1.82) is 0 Å². The van der Waals surface area contributed by atoms with Crippen molar-refractivity contribution in [2.24, 2.45) is 5.73 Å². The van der Waals surface area contributed by atoms with Crippen molar-refractivity contribution in [3.8, 4) is 22.6 Å². The summed E-state index contributed by atoms with van der Waals surface area (Å²) < 4.78 is 63.2. The molecule has 3 aromatic carbocycles. The number of nitrogens with zero attached hydrogens (tertiary/aromatic N) is 1. The zero-order valence-corrected chi connectivity index (χ0v) is 21.7. The predicted octanol–water partition coefficient (Wildman–Crippen LogP) is 3.93. The SMILES string of the molecule is CCS(=O)(=O)[N+](C(N)=O)(c1ccc2c(c1)C(c1ccccc1)Oc1cccc(OC)c1-2)S(=O)(=O)CC.